The summed E-state index contributed by atoms with van der Waals surface area (Å²) >= 11 is 1.96. The molecule has 1 atom stereocenters. The van der Waals surface area contributed by atoms with Gasteiger partial charge in [0.2, 0.25) is 5.91 Å². The first-order valence-corrected chi connectivity index (χ1v) is 9.23. The zero-order chi connectivity index (χ0) is 16.8. The molecule has 0 saturated carbocycles. The summed E-state index contributed by atoms with van der Waals surface area (Å²) in [4.78, 5) is 14.6. The third-order valence-electron chi connectivity index (χ3n) is 4.18. The average Bonchev–Trinajstić information content (AvgIpc) is 3.12. The Morgan fingerprint density at radius 3 is 2.67 bits per heavy atom. The molecule has 0 aliphatic carbocycles. The van der Waals surface area contributed by atoms with Gasteiger partial charge in [-0.15, -0.1) is 0 Å². The van der Waals surface area contributed by atoms with E-state index in [0.717, 1.165) is 35.7 Å². The van der Waals surface area contributed by atoms with Gasteiger partial charge in [0.05, 0.1) is 25.0 Å². The minimum atomic E-state index is -0.290. The SMILES string of the molecule is O=C(Cc1ccc(F)cc1)NC[C@@H](c1ccoc1)N1CCSCC1. The van der Waals surface area contributed by atoms with Crippen LogP contribution in [0.4, 0.5) is 4.39 Å². The predicted octanol–water partition coefficient (Wildman–Crippen LogP) is 2.87. The monoisotopic (exact) mass is 348 g/mol. The Morgan fingerprint density at radius 1 is 1.25 bits per heavy atom. The van der Waals surface area contributed by atoms with E-state index in [1.54, 1.807) is 24.7 Å². The fourth-order valence-corrected chi connectivity index (χ4v) is 3.80. The quantitative estimate of drug-likeness (QED) is 0.872. The number of amides is 1. The number of furan rings is 1. The summed E-state index contributed by atoms with van der Waals surface area (Å²) in [5.41, 5.74) is 1.90. The van der Waals surface area contributed by atoms with Crippen LogP contribution in [0.3, 0.4) is 0 Å². The van der Waals surface area contributed by atoms with Crippen LogP contribution in [0.2, 0.25) is 0 Å². The third-order valence-corrected chi connectivity index (χ3v) is 5.13. The minimum Gasteiger partial charge on any atom is -0.472 e. The van der Waals surface area contributed by atoms with Crippen LogP contribution in [-0.4, -0.2) is 41.9 Å². The van der Waals surface area contributed by atoms with Crippen molar-refractivity contribution in [2.24, 2.45) is 0 Å². The van der Waals surface area contributed by atoms with Crippen molar-refractivity contribution in [2.75, 3.05) is 31.1 Å². The lowest BCUT2D eigenvalue weighted by Gasteiger charge is -2.34. The summed E-state index contributed by atoms with van der Waals surface area (Å²) in [5, 5.41) is 3.01. The standard InChI is InChI=1S/C18H21FN2O2S/c19-16-3-1-14(2-4-16)11-18(22)20-12-17(15-5-8-23-13-15)21-6-9-24-10-7-21/h1-5,8,13,17H,6-7,9-12H2,(H,20,22)/t17-/m0/s1. The van der Waals surface area contributed by atoms with Crippen molar-refractivity contribution < 1.29 is 13.6 Å². The maximum atomic E-state index is 12.9. The lowest BCUT2D eigenvalue weighted by Crippen LogP contribution is -2.42. The van der Waals surface area contributed by atoms with Gasteiger partial charge in [-0.25, -0.2) is 4.39 Å². The van der Waals surface area contributed by atoms with Crippen LogP contribution >= 0.6 is 11.8 Å². The number of nitrogens with one attached hydrogen (secondary N) is 1. The normalized spacial score (nSPS) is 16.7. The highest BCUT2D eigenvalue weighted by Crippen LogP contribution is 2.24. The van der Waals surface area contributed by atoms with Gasteiger partial charge in [0.15, 0.2) is 0 Å². The van der Waals surface area contributed by atoms with Crippen LogP contribution in [0.1, 0.15) is 17.2 Å². The highest BCUT2D eigenvalue weighted by atomic mass is 32.2. The van der Waals surface area contributed by atoms with E-state index in [9.17, 15) is 9.18 Å². The molecule has 1 aromatic heterocycles. The molecule has 6 heteroatoms. The maximum absolute atomic E-state index is 12.9. The van der Waals surface area contributed by atoms with Gasteiger partial charge >= 0.3 is 0 Å². The third kappa shape index (κ3) is 4.61. The molecule has 0 bridgehead atoms. The topological polar surface area (TPSA) is 45.5 Å². The average molecular weight is 348 g/mol. The van der Waals surface area contributed by atoms with Gasteiger partial charge in [-0.2, -0.15) is 11.8 Å². The number of carbonyl (C=O) groups excluding carboxylic acids is 1. The first-order chi connectivity index (χ1) is 11.7. The van der Waals surface area contributed by atoms with E-state index in [2.05, 4.69) is 10.2 Å². The van der Waals surface area contributed by atoms with Crippen LogP contribution in [0.15, 0.2) is 47.3 Å². The molecule has 4 nitrogen and oxygen atoms in total. The Kier molecular flexibility index (Phi) is 5.93. The lowest BCUT2D eigenvalue weighted by molar-refractivity contribution is -0.120. The number of benzene rings is 1. The molecule has 1 fully saturated rings. The molecule has 2 aromatic rings. The van der Waals surface area contributed by atoms with Crippen molar-refractivity contribution in [2.45, 2.75) is 12.5 Å². The van der Waals surface area contributed by atoms with E-state index in [4.69, 9.17) is 4.42 Å². The van der Waals surface area contributed by atoms with E-state index in [1.807, 2.05) is 17.8 Å². The van der Waals surface area contributed by atoms with E-state index in [0.29, 0.717) is 6.54 Å². The van der Waals surface area contributed by atoms with Crippen LogP contribution < -0.4 is 5.32 Å². The lowest BCUT2D eigenvalue weighted by atomic mass is 10.1. The molecule has 0 spiro atoms. The summed E-state index contributed by atoms with van der Waals surface area (Å²) in [6.45, 7) is 2.56. The summed E-state index contributed by atoms with van der Waals surface area (Å²) in [6, 6.07) is 8.12. The predicted molar refractivity (Wildman–Crippen MR) is 93.5 cm³/mol. The van der Waals surface area contributed by atoms with E-state index in [1.165, 1.54) is 12.1 Å². The Hall–Kier alpha value is -1.79. The highest BCUT2D eigenvalue weighted by molar-refractivity contribution is 7.99. The number of rotatable bonds is 6. The van der Waals surface area contributed by atoms with Crippen molar-refractivity contribution in [3.05, 3.63) is 59.8 Å². The van der Waals surface area contributed by atoms with Crippen LogP contribution in [0.5, 0.6) is 0 Å². The van der Waals surface area contributed by atoms with E-state index >= 15 is 0 Å². The van der Waals surface area contributed by atoms with Crippen LogP contribution in [-0.2, 0) is 11.2 Å². The van der Waals surface area contributed by atoms with Crippen LogP contribution in [0.25, 0.3) is 0 Å². The van der Waals surface area contributed by atoms with Gasteiger partial charge in [0.1, 0.15) is 5.82 Å². The second-order valence-corrected chi connectivity index (χ2v) is 7.05. The second kappa shape index (κ2) is 8.35. The fourth-order valence-electron chi connectivity index (χ4n) is 2.87. The van der Waals surface area contributed by atoms with Crippen molar-refractivity contribution in [3.63, 3.8) is 0 Å². The Balaban J connectivity index is 1.58. The number of hydrogen-bond donors (Lipinski definition) is 1. The Morgan fingerprint density at radius 2 is 2.00 bits per heavy atom. The summed E-state index contributed by atoms with van der Waals surface area (Å²) in [7, 11) is 0. The van der Waals surface area contributed by atoms with Crippen LogP contribution in [0, 0.1) is 5.82 Å². The summed E-state index contributed by atoms with van der Waals surface area (Å²) < 4.78 is 18.1. The molecule has 0 radical (unpaired) electrons. The number of carbonyl (C=O) groups is 1. The molecule has 1 saturated heterocycles. The van der Waals surface area contributed by atoms with Gasteiger partial charge < -0.3 is 9.73 Å². The molecule has 1 aliphatic rings. The van der Waals surface area contributed by atoms with E-state index in [-0.39, 0.29) is 24.2 Å². The molecule has 1 aromatic carbocycles. The van der Waals surface area contributed by atoms with Crippen molar-refractivity contribution in [1.29, 1.82) is 0 Å². The zero-order valence-electron chi connectivity index (χ0n) is 13.4. The highest BCUT2D eigenvalue weighted by Gasteiger charge is 2.23. The number of hydrogen-bond acceptors (Lipinski definition) is 4. The van der Waals surface area contributed by atoms with Crippen molar-refractivity contribution in [1.82, 2.24) is 10.2 Å². The largest absolute Gasteiger partial charge is 0.472 e. The zero-order valence-corrected chi connectivity index (χ0v) is 14.2. The molecule has 24 heavy (non-hydrogen) atoms. The van der Waals surface area contributed by atoms with Gasteiger partial charge in [-0.3, -0.25) is 9.69 Å². The summed E-state index contributed by atoms with van der Waals surface area (Å²) in [6.07, 6.45) is 3.67. The number of thioether (sulfide) groups is 1. The Labute approximate surface area is 145 Å². The molecule has 1 aliphatic heterocycles. The smallest absolute Gasteiger partial charge is 0.224 e. The molecule has 3 rings (SSSR count). The number of nitrogens with zero attached hydrogens (tertiary/aromatic N) is 1. The number of halogens is 1. The van der Waals surface area contributed by atoms with Gasteiger partial charge in [0, 0.05) is 36.7 Å². The second-order valence-electron chi connectivity index (χ2n) is 5.83. The van der Waals surface area contributed by atoms with Gasteiger partial charge in [0.25, 0.3) is 0 Å². The molecule has 1 amide bonds. The minimum absolute atomic E-state index is 0.0542. The first-order valence-electron chi connectivity index (χ1n) is 8.07. The Bertz CT molecular complexity index is 640. The molecular formula is C18H21FN2O2S. The maximum Gasteiger partial charge on any atom is 0.224 e. The van der Waals surface area contributed by atoms with Crippen molar-refractivity contribution >= 4 is 17.7 Å². The van der Waals surface area contributed by atoms with Gasteiger partial charge in [-0.1, -0.05) is 12.1 Å². The fraction of sp³-hybridized carbons (Fsp3) is 0.389. The van der Waals surface area contributed by atoms with Crippen molar-refractivity contribution in [3.8, 4) is 0 Å². The molecule has 128 valence electrons. The van der Waals surface area contributed by atoms with Gasteiger partial charge in [-0.05, 0) is 23.8 Å². The van der Waals surface area contributed by atoms with E-state index < -0.39 is 0 Å². The molecule has 0 unspecified atom stereocenters. The first kappa shape index (κ1) is 17.0. The molecule has 1 N–H and O–H groups in total. The molecule has 2 heterocycles. The summed E-state index contributed by atoms with van der Waals surface area (Å²) in [5.74, 6) is 1.87. The molecular weight excluding hydrogens is 327 g/mol.